The van der Waals surface area contributed by atoms with Gasteiger partial charge in [0.1, 0.15) is 0 Å². The van der Waals surface area contributed by atoms with E-state index in [9.17, 15) is 9.59 Å². The van der Waals surface area contributed by atoms with Gasteiger partial charge in [0.25, 0.3) is 0 Å². The van der Waals surface area contributed by atoms with Crippen LogP contribution in [-0.2, 0) is 0 Å². The zero-order chi connectivity index (χ0) is 14.9. The third-order valence-electron chi connectivity index (χ3n) is 3.90. The van der Waals surface area contributed by atoms with Gasteiger partial charge in [-0.25, -0.2) is 0 Å². The van der Waals surface area contributed by atoms with Gasteiger partial charge in [-0.15, -0.1) is 0 Å². The summed E-state index contributed by atoms with van der Waals surface area (Å²) in [6.45, 7) is 7.63. The number of aryl methyl sites for hydroxylation is 2. The Morgan fingerprint density at radius 1 is 0.650 bits per heavy atom. The highest BCUT2D eigenvalue weighted by Gasteiger charge is 2.22. The highest BCUT2D eigenvalue weighted by atomic mass is 16.2. The van der Waals surface area contributed by atoms with E-state index < -0.39 is 11.6 Å². The average molecular weight is 266 g/mol. The first-order valence-electron chi connectivity index (χ1n) is 6.65. The lowest BCUT2D eigenvalue weighted by Crippen LogP contribution is -2.17. The first kappa shape index (κ1) is 14.2. The Hall–Kier alpha value is -2.22. The molecule has 0 aliphatic heterocycles. The molecule has 0 fully saturated rings. The van der Waals surface area contributed by atoms with Crippen LogP contribution in [0.4, 0.5) is 0 Å². The van der Waals surface area contributed by atoms with Crippen LogP contribution in [-0.4, -0.2) is 11.6 Å². The lowest BCUT2D eigenvalue weighted by Gasteiger charge is -2.09. The van der Waals surface area contributed by atoms with Gasteiger partial charge in [0.05, 0.1) is 0 Å². The molecule has 0 aromatic heterocycles. The number of Topliss-reactive ketones (excluding diaryl/α,β-unsaturated/α-hetero) is 2. The van der Waals surface area contributed by atoms with Crippen LogP contribution in [0, 0.1) is 27.7 Å². The van der Waals surface area contributed by atoms with Crippen molar-refractivity contribution in [2.45, 2.75) is 27.7 Å². The molecule has 0 aliphatic rings. The molecule has 0 amide bonds. The summed E-state index contributed by atoms with van der Waals surface area (Å²) in [4.78, 5) is 24.9. The maximum absolute atomic E-state index is 12.4. The van der Waals surface area contributed by atoms with Gasteiger partial charge in [0, 0.05) is 11.1 Å². The maximum Gasteiger partial charge on any atom is 0.233 e. The predicted octanol–water partition coefficient (Wildman–Crippen LogP) is 3.99. The number of carbonyl (C=O) groups excluding carboxylic acids is 2. The molecular formula is C18H18O2. The van der Waals surface area contributed by atoms with Crippen molar-refractivity contribution in [2.24, 2.45) is 0 Å². The largest absolute Gasteiger partial charge is 0.285 e. The minimum Gasteiger partial charge on any atom is -0.285 e. The van der Waals surface area contributed by atoms with Gasteiger partial charge in [-0.3, -0.25) is 9.59 Å². The van der Waals surface area contributed by atoms with Gasteiger partial charge >= 0.3 is 0 Å². The molecule has 0 saturated carbocycles. The number of hydrogen-bond donors (Lipinski definition) is 0. The summed E-state index contributed by atoms with van der Waals surface area (Å²) in [5.41, 5.74) is 4.77. The van der Waals surface area contributed by atoms with Crippen LogP contribution in [0.15, 0.2) is 36.4 Å². The summed E-state index contributed by atoms with van der Waals surface area (Å²) in [7, 11) is 0. The number of benzene rings is 2. The highest BCUT2D eigenvalue weighted by Crippen LogP contribution is 2.18. The van der Waals surface area contributed by atoms with Crippen molar-refractivity contribution < 1.29 is 9.59 Å². The second kappa shape index (κ2) is 5.41. The summed E-state index contributed by atoms with van der Waals surface area (Å²) in [6.07, 6.45) is 0. The molecule has 0 unspecified atom stereocenters. The molecule has 2 rings (SSSR count). The Balaban J connectivity index is 2.46. The van der Waals surface area contributed by atoms with Crippen molar-refractivity contribution in [3.8, 4) is 0 Å². The van der Waals surface area contributed by atoms with Gasteiger partial charge in [-0.05, 0) is 49.9 Å². The molecule has 0 aliphatic carbocycles. The standard InChI is InChI=1S/C18H18O2/c1-11-7-5-9-15(13(11)3)17(19)18(20)16-10-6-8-12(2)14(16)4/h5-10H,1-4H3. The number of hydrogen-bond acceptors (Lipinski definition) is 2. The van der Waals surface area contributed by atoms with E-state index in [-0.39, 0.29) is 0 Å². The third kappa shape index (κ3) is 2.42. The summed E-state index contributed by atoms with van der Waals surface area (Å²) >= 11 is 0. The van der Waals surface area contributed by atoms with E-state index in [0.29, 0.717) is 11.1 Å². The number of rotatable bonds is 3. The molecule has 0 bridgehead atoms. The molecule has 20 heavy (non-hydrogen) atoms. The quantitative estimate of drug-likeness (QED) is 0.622. The lowest BCUT2D eigenvalue weighted by atomic mass is 9.92. The lowest BCUT2D eigenvalue weighted by molar-refractivity contribution is 0.0816. The molecule has 0 saturated heterocycles. The van der Waals surface area contributed by atoms with E-state index in [1.165, 1.54) is 0 Å². The fourth-order valence-electron chi connectivity index (χ4n) is 2.24. The van der Waals surface area contributed by atoms with Gasteiger partial charge in [-0.2, -0.15) is 0 Å². The molecule has 0 atom stereocenters. The van der Waals surface area contributed by atoms with Crippen molar-refractivity contribution in [3.05, 3.63) is 69.8 Å². The van der Waals surface area contributed by atoms with E-state index in [4.69, 9.17) is 0 Å². The van der Waals surface area contributed by atoms with Gasteiger partial charge in [0.2, 0.25) is 11.6 Å². The molecular weight excluding hydrogens is 248 g/mol. The van der Waals surface area contributed by atoms with Crippen LogP contribution < -0.4 is 0 Å². The molecule has 0 N–H and O–H groups in total. The van der Waals surface area contributed by atoms with Crippen LogP contribution in [0.25, 0.3) is 0 Å². The Labute approximate surface area is 119 Å². The second-order valence-electron chi connectivity index (χ2n) is 5.15. The zero-order valence-electron chi connectivity index (χ0n) is 12.3. The maximum atomic E-state index is 12.4. The van der Waals surface area contributed by atoms with Crippen molar-refractivity contribution in [1.29, 1.82) is 0 Å². The normalized spacial score (nSPS) is 10.4. The van der Waals surface area contributed by atoms with E-state index >= 15 is 0 Å². The summed E-state index contributed by atoms with van der Waals surface area (Å²) in [5.74, 6) is -0.861. The molecule has 0 radical (unpaired) electrons. The third-order valence-corrected chi connectivity index (χ3v) is 3.90. The minimum absolute atomic E-state index is 0.431. The summed E-state index contributed by atoms with van der Waals surface area (Å²) in [5, 5.41) is 0. The Morgan fingerprint density at radius 3 is 1.35 bits per heavy atom. The van der Waals surface area contributed by atoms with E-state index in [2.05, 4.69) is 0 Å². The Morgan fingerprint density at radius 2 is 1.00 bits per heavy atom. The van der Waals surface area contributed by atoms with Crippen LogP contribution in [0.2, 0.25) is 0 Å². The van der Waals surface area contributed by atoms with E-state index in [1.807, 2.05) is 52.0 Å². The fourth-order valence-corrected chi connectivity index (χ4v) is 2.24. The molecule has 102 valence electrons. The number of carbonyl (C=O) groups is 2. The van der Waals surface area contributed by atoms with E-state index in [1.54, 1.807) is 12.1 Å². The zero-order valence-corrected chi connectivity index (χ0v) is 12.3. The van der Waals surface area contributed by atoms with Crippen LogP contribution >= 0.6 is 0 Å². The van der Waals surface area contributed by atoms with Crippen molar-refractivity contribution >= 4 is 11.6 Å². The molecule has 2 heteroatoms. The number of ketones is 2. The monoisotopic (exact) mass is 266 g/mol. The molecule has 2 aromatic rings. The molecule has 2 aromatic carbocycles. The van der Waals surface area contributed by atoms with Crippen molar-refractivity contribution in [2.75, 3.05) is 0 Å². The topological polar surface area (TPSA) is 34.1 Å². The van der Waals surface area contributed by atoms with Crippen LogP contribution in [0.5, 0.6) is 0 Å². The van der Waals surface area contributed by atoms with Gasteiger partial charge < -0.3 is 0 Å². The fraction of sp³-hybridized carbons (Fsp3) is 0.222. The first-order valence-corrected chi connectivity index (χ1v) is 6.65. The Kier molecular flexibility index (Phi) is 3.84. The summed E-state index contributed by atoms with van der Waals surface area (Å²) < 4.78 is 0. The molecule has 0 heterocycles. The predicted molar refractivity (Wildman–Crippen MR) is 80.5 cm³/mol. The summed E-state index contributed by atoms with van der Waals surface area (Å²) in [6, 6.07) is 10.9. The average Bonchev–Trinajstić information content (AvgIpc) is 2.43. The van der Waals surface area contributed by atoms with Gasteiger partial charge in [-0.1, -0.05) is 36.4 Å². The van der Waals surface area contributed by atoms with Crippen molar-refractivity contribution in [3.63, 3.8) is 0 Å². The first-order chi connectivity index (χ1) is 9.43. The second-order valence-corrected chi connectivity index (χ2v) is 5.15. The van der Waals surface area contributed by atoms with Gasteiger partial charge in [0.15, 0.2) is 0 Å². The minimum atomic E-state index is -0.431. The smallest absolute Gasteiger partial charge is 0.233 e. The molecule has 2 nitrogen and oxygen atoms in total. The SMILES string of the molecule is Cc1cccc(C(=O)C(=O)c2cccc(C)c2C)c1C. The highest BCUT2D eigenvalue weighted by molar-refractivity contribution is 6.49. The van der Waals surface area contributed by atoms with Crippen molar-refractivity contribution in [1.82, 2.24) is 0 Å². The van der Waals surface area contributed by atoms with E-state index in [0.717, 1.165) is 22.3 Å². The Bertz CT molecular complexity index is 635. The van der Waals surface area contributed by atoms with Crippen LogP contribution in [0.3, 0.4) is 0 Å². The molecule has 0 spiro atoms. The van der Waals surface area contributed by atoms with Crippen LogP contribution in [0.1, 0.15) is 43.0 Å².